The van der Waals surface area contributed by atoms with Crippen LogP contribution in [0, 0.1) is 46.0 Å². The molecule has 0 radical (unpaired) electrons. The first-order valence-corrected chi connectivity index (χ1v) is 4.69. The molecule has 0 aliphatic rings. The zero-order chi connectivity index (χ0) is 10.7. The molecule has 0 spiro atoms. The van der Waals surface area contributed by atoms with E-state index in [0.29, 0.717) is 17.8 Å². The minimum absolute atomic E-state index is 0. The summed E-state index contributed by atoms with van der Waals surface area (Å²) in [6.45, 7) is 23.2. The van der Waals surface area contributed by atoms with Gasteiger partial charge in [0, 0.05) is 0 Å². The molecule has 0 fully saturated rings. The Kier molecular flexibility index (Phi) is 49.5. The van der Waals surface area contributed by atoms with E-state index in [-0.39, 0.29) is 33.6 Å². The maximum Gasteiger partial charge on any atom is 4.00 e. The predicted octanol–water partition coefficient (Wildman–Crippen LogP) is 4.88. The van der Waals surface area contributed by atoms with Crippen molar-refractivity contribution < 1.29 is 26.2 Å². The van der Waals surface area contributed by atoms with Crippen molar-refractivity contribution in [2.45, 2.75) is 41.5 Å². The summed E-state index contributed by atoms with van der Waals surface area (Å²) in [5.74, 6) is 1.75. The van der Waals surface area contributed by atoms with Crippen LogP contribution in [0.15, 0.2) is 0 Å². The molecular weight excluding hydrogens is 247 g/mol. The average Bonchev–Trinajstić information content (AvgIpc) is 1.54. The summed E-state index contributed by atoms with van der Waals surface area (Å²) in [6, 6.07) is 0. The summed E-state index contributed by atoms with van der Waals surface area (Å²) in [6.07, 6.45) is 0. The summed E-state index contributed by atoms with van der Waals surface area (Å²) in [5, 5.41) is 0. The molecule has 0 aliphatic carbocycles. The first kappa shape index (κ1) is 29.4. The van der Waals surface area contributed by atoms with Crippen molar-refractivity contribution in [1.82, 2.24) is 0 Å². The van der Waals surface area contributed by atoms with Gasteiger partial charge in [0.15, 0.2) is 0 Å². The van der Waals surface area contributed by atoms with Crippen LogP contribution in [0.3, 0.4) is 0 Å². The molecule has 0 bridgehead atoms. The number of hydrogen-bond acceptors (Lipinski definition) is 0. The van der Waals surface area contributed by atoms with Crippen molar-refractivity contribution in [2.75, 3.05) is 0 Å². The molecule has 0 aromatic heterocycles. The van der Waals surface area contributed by atoms with Gasteiger partial charge in [-0.1, -0.05) is 41.5 Å². The Labute approximate surface area is 113 Å². The third kappa shape index (κ3) is 2330. The standard InChI is InChI=1S/3C4H9.CH3.Zr/c3*1-4(2)3;;/h3*4H,1H2,2-3H3;1H3;/q4*-1;+4. The van der Waals surface area contributed by atoms with Crippen LogP contribution in [0.5, 0.6) is 0 Å². The largest absolute Gasteiger partial charge is 4.00 e. The summed E-state index contributed by atoms with van der Waals surface area (Å²) >= 11 is 0. The average molecular weight is 278 g/mol. The normalized spacial score (nSPS) is 7.71. The Bertz CT molecular complexity index is 33.7. The minimum atomic E-state index is 0. The van der Waals surface area contributed by atoms with Crippen molar-refractivity contribution in [3.8, 4) is 0 Å². The van der Waals surface area contributed by atoms with Crippen molar-refractivity contribution in [3.05, 3.63) is 28.2 Å². The van der Waals surface area contributed by atoms with Gasteiger partial charge in [-0.25, -0.2) is 0 Å². The maximum atomic E-state index is 3.64. The van der Waals surface area contributed by atoms with Crippen LogP contribution in [0.25, 0.3) is 0 Å². The summed E-state index contributed by atoms with van der Waals surface area (Å²) < 4.78 is 0. The van der Waals surface area contributed by atoms with Crippen LogP contribution >= 0.6 is 0 Å². The van der Waals surface area contributed by atoms with Crippen LogP contribution in [0.2, 0.25) is 0 Å². The Morgan fingerprint density at radius 2 is 0.571 bits per heavy atom. The van der Waals surface area contributed by atoms with E-state index >= 15 is 0 Å². The first-order chi connectivity index (χ1) is 5.20. The fourth-order valence-corrected chi connectivity index (χ4v) is 0. The SMILES string of the molecule is [CH2-]C(C)C.[CH2-]C(C)C.[CH2-]C(C)C.[CH3-].[Zr+4]. The Hall–Kier alpha value is 0.883. The van der Waals surface area contributed by atoms with Crippen molar-refractivity contribution in [3.63, 3.8) is 0 Å². The number of hydrogen-bond donors (Lipinski definition) is 0. The second-order valence-electron chi connectivity index (χ2n) is 4.18. The van der Waals surface area contributed by atoms with E-state index in [4.69, 9.17) is 0 Å². The monoisotopic (exact) mass is 276 g/mol. The van der Waals surface area contributed by atoms with Crippen LogP contribution in [0.1, 0.15) is 41.5 Å². The smallest absolute Gasteiger partial charge is 0.358 e. The molecule has 0 saturated heterocycles. The second-order valence-corrected chi connectivity index (χ2v) is 4.18. The third-order valence-corrected chi connectivity index (χ3v) is 0. The molecule has 0 unspecified atom stereocenters. The van der Waals surface area contributed by atoms with Gasteiger partial charge in [0.2, 0.25) is 0 Å². The molecule has 14 heavy (non-hydrogen) atoms. The van der Waals surface area contributed by atoms with Crippen LogP contribution in [0.4, 0.5) is 0 Å². The van der Waals surface area contributed by atoms with E-state index < -0.39 is 0 Å². The molecule has 0 atom stereocenters. The molecule has 0 nitrogen and oxygen atoms in total. The quantitative estimate of drug-likeness (QED) is 0.554. The molecule has 0 saturated carbocycles. The minimum Gasteiger partial charge on any atom is -0.358 e. The Morgan fingerprint density at radius 3 is 0.571 bits per heavy atom. The van der Waals surface area contributed by atoms with E-state index in [0.717, 1.165) is 0 Å². The van der Waals surface area contributed by atoms with Gasteiger partial charge in [-0.3, -0.25) is 0 Å². The molecule has 1 heteroatoms. The van der Waals surface area contributed by atoms with E-state index in [9.17, 15) is 0 Å². The fourth-order valence-electron chi connectivity index (χ4n) is 0. The van der Waals surface area contributed by atoms with E-state index in [2.05, 4.69) is 62.3 Å². The van der Waals surface area contributed by atoms with Gasteiger partial charge in [-0.15, -0.1) is 0 Å². The molecule has 0 aromatic rings. The molecule has 0 aliphatic heterocycles. The molecular formula is C13H30Zr. The van der Waals surface area contributed by atoms with Gasteiger partial charge in [-0.05, 0) is 0 Å². The van der Waals surface area contributed by atoms with Crippen molar-refractivity contribution >= 4 is 0 Å². The fraction of sp³-hybridized carbons (Fsp3) is 0.692. The number of rotatable bonds is 0. The molecule has 86 valence electrons. The van der Waals surface area contributed by atoms with Gasteiger partial charge < -0.3 is 28.2 Å². The van der Waals surface area contributed by atoms with E-state index in [1.165, 1.54) is 0 Å². The summed E-state index contributed by atoms with van der Waals surface area (Å²) in [7, 11) is 0. The molecule has 0 rings (SSSR count). The van der Waals surface area contributed by atoms with Crippen LogP contribution < -0.4 is 0 Å². The van der Waals surface area contributed by atoms with Crippen molar-refractivity contribution in [1.29, 1.82) is 0 Å². The maximum absolute atomic E-state index is 3.64. The summed E-state index contributed by atoms with van der Waals surface area (Å²) in [4.78, 5) is 0. The second kappa shape index (κ2) is 23.6. The topological polar surface area (TPSA) is 0 Å². The van der Waals surface area contributed by atoms with Gasteiger partial charge in [0.25, 0.3) is 0 Å². The van der Waals surface area contributed by atoms with Gasteiger partial charge >= 0.3 is 26.2 Å². The Balaban J connectivity index is -0.0000000270. The first-order valence-electron chi connectivity index (χ1n) is 4.69. The van der Waals surface area contributed by atoms with Crippen LogP contribution in [-0.2, 0) is 26.2 Å². The van der Waals surface area contributed by atoms with Crippen LogP contribution in [-0.4, -0.2) is 0 Å². The van der Waals surface area contributed by atoms with Crippen molar-refractivity contribution in [2.24, 2.45) is 17.8 Å². The van der Waals surface area contributed by atoms with E-state index in [1.54, 1.807) is 0 Å². The zero-order valence-corrected chi connectivity index (χ0v) is 13.8. The van der Waals surface area contributed by atoms with Gasteiger partial charge in [0.05, 0.1) is 0 Å². The predicted molar refractivity (Wildman–Crippen MR) is 67.0 cm³/mol. The van der Waals surface area contributed by atoms with Gasteiger partial charge in [0.1, 0.15) is 0 Å². The zero-order valence-electron chi connectivity index (χ0n) is 11.4. The summed E-state index contributed by atoms with van der Waals surface area (Å²) in [5.41, 5.74) is 0. The Morgan fingerprint density at radius 1 is 0.571 bits per heavy atom. The molecule has 0 aromatic carbocycles. The molecule has 0 amide bonds. The molecule has 0 heterocycles. The van der Waals surface area contributed by atoms with Gasteiger partial charge in [-0.2, -0.15) is 17.8 Å². The molecule has 0 N–H and O–H groups in total. The third-order valence-electron chi connectivity index (χ3n) is 0. The van der Waals surface area contributed by atoms with E-state index in [1.807, 2.05) is 0 Å².